The van der Waals surface area contributed by atoms with Gasteiger partial charge < -0.3 is 10.0 Å². The van der Waals surface area contributed by atoms with Gasteiger partial charge in [-0.05, 0) is 37.6 Å². The van der Waals surface area contributed by atoms with E-state index >= 15 is 0 Å². The van der Waals surface area contributed by atoms with Crippen LogP contribution in [0.2, 0.25) is 0 Å². The second-order valence-corrected chi connectivity index (χ2v) is 6.15. The molecule has 4 heteroatoms. The first kappa shape index (κ1) is 17.1. The molecule has 0 aliphatic rings. The van der Waals surface area contributed by atoms with Gasteiger partial charge in [-0.3, -0.25) is 9.78 Å². The van der Waals surface area contributed by atoms with Crippen molar-refractivity contribution in [3.8, 4) is 0 Å². The van der Waals surface area contributed by atoms with Crippen LogP contribution in [0.25, 0.3) is 10.9 Å². The number of aliphatic hydroxyl groups is 1. The second-order valence-electron chi connectivity index (χ2n) is 6.15. The van der Waals surface area contributed by atoms with Crippen molar-refractivity contribution in [3.63, 3.8) is 0 Å². The van der Waals surface area contributed by atoms with Crippen molar-refractivity contribution in [1.82, 2.24) is 9.88 Å². The summed E-state index contributed by atoms with van der Waals surface area (Å²) < 4.78 is 0. The first-order valence-corrected chi connectivity index (χ1v) is 8.47. The molecule has 1 N–H and O–H groups in total. The van der Waals surface area contributed by atoms with E-state index in [2.05, 4.69) is 4.98 Å². The zero-order chi connectivity index (χ0) is 17.8. The molecular formula is C21H22N2O2. The van der Waals surface area contributed by atoms with E-state index in [9.17, 15) is 9.90 Å². The van der Waals surface area contributed by atoms with E-state index in [4.69, 9.17) is 0 Å². The van der Waals surface area contributed by atoms with E-state index in [1.807, 2.05) is 68.4 Å². The highest BCUT2D eigenvalue weighted by atomic mass is 16.3. The third-order valence-corrected chi connectivity index (χ3v) is 4.40. The van der Waals surface area contributed by atoms with E-state index in [0.717, 1.165) is 22.0 Å². The number of carbonyl (C=O) groups is 1. The number of pyridine rings is 1. The van der Waals surface area contributed by atoms with E-state index in [-0.39, 0.29) is 12.5 Å². The summed E-state index contributed by atoms with van der Waals surface area (Å²) in [4.78, 5) is 19.0. The molecule has 0 saturated carbocycles. The average Bonchev–Trinajstić information content (AvgIpc) is 2.65. The minimum absolute atomic E-state index is 0.0905. The summed E-state index contributed by atoms with van der Waals surface area (Å²) in [6, 6.07) is 17.0. The first-order chi connectivity index (χ1) is 12.1. The summed E-state index contributed by atoms with van der Waals surface area (Å²) in [6.07, 6.45) is 1.01. The lowest BCUT2D eigenvalue weighted by Crippen LogP contribution is -2.34. The molecule has 25 heavy (non-hydrogen) atoms. The van der Waals surface area contributed by atoms with Crippen LogP contribution in [0.4, 0.5) is 0 Å². The fourth-order valence-electron chi connectivity index (χ4n) is 2.92. The number of aromatic nitrogens is 1. The van der Waals surface area contributed by atoms with Gasteiger partial charge in [-0.25, -0.2) is 0 Å². The molecule has 0 saturated heterocycles. The molecule has 3 aromatic rings. The molecule has 4 nitrogen and oxygen atoms in total. The summed E-state index contributed by atoms with van der Waals surface area (Å²) in [6.45, 7) is 4.71. The lowest BCUT2D eigenvalue weighted by atomic mass is 10.0. The molecule has 1 unspecified atom stereocenters. The van der Waals surface area contributed by atoms with Crippen molar-refractivity contribution in [1.29, 1.82) is 0 Å². The molecule has 3 rings (SSSR count). The number of amides is 1. The summed E-state index contributed by atoms with van der Waals surface area (Å²) in [5.41, 5.74) is 3.37. The van der Waals surface area contributed by atoms with Gasteiger partial charge >= 0.3 is 0 Å². The van der Waals surface area contributed by atoms with Crippen LogP contribution in [-0.4, -0.2) is 34.0 Å². The predicted molar refractivity (Wildman–Crippen MR) is 99.5 cm³/mol. The van der Waals surface area contributed by atoms with Crippen LogP contribution in [0.3, 0.4) is 0 Å². The Morgan fingerprint density at radius 2 is 1.88 bits per heavy atom. The molecule has 0 aliphatic carbocycles. The largest absolute Gasteiger partial charge is 0.387 e. The fourth-order valence-corrected chi connectivity index (χ4v) is 2.92. The van der Waals surface area contributed by atoms with E-state index in [0.29, 0.717) is 12.1 Å². The lowest BCUT2D eigenvalue weighted by molar-refractivity contribution is 0.0637. The van der Waals surface area contributed by atoms with Gasteiger partial charge in [0.1, 0.15) is 0 Å². The molecule has 128 valence electrons. The zero-order valence-electron chi connectivity index (χ0n) is 14.5. The van der Waals surface area contributed by atoms with Crippen molar-refractivity contribution < 1.29 is 9.90 Å². The quantitative estimate of drug-likeness (QED) is 0.773. The zero-order valence-corrected chi connectivity index (χ0v) is 14.5. The van der Waals surface area contributed by atoms with Crippen molar-refractivity contribution in [2.45, 2.75) is 20.0 Å². The maximum absolute atomic E-state index is 13.0. The smallest absolute Gasteiger partial charge is 0.254 e. The Bertz CT molecular complexity index is 869. The number of likely N-dealkylation sites (N-methyl/N-ethyl adjacent to an activating group) is 1. The van der Waals surface area contributed by atoms with Gasteiger partial charge in [0.25, 0.3) is 5.91 Å². The minimum atomic E-state index is -0.711. The van der Waals surface area contributed by atoms with Gasteiger partial charge in [-0.1, -0.05) is 42.0 Å². The Kier molecular flexibility index (Phi) is 5.10. The molecule has 0 bridgehead atoms. The molecule has 0 spiro atoms. The van der Waals surface area contributed by atoms with Crippen LogP contribution >= 0.6 is 0 Å². The molecular weight excluding hydrogens is 312 g/mol. The van der Waals surface area contributed by atoms with Gasteiger partial charge in [-0.15, -0.1) is 0 Å². The highest BCUT2D eigenvalue weighted by Crippen LogP contribution is 2.20. The Hall–Kier alpha value is -2.72. The molecule has 0 radical (unpaired) electrons. The highest BCUT2D eigenvalue weighted by molar-refractivity contribution is 6.06. The number of benzene rings is 2. The Morgan fingerprint density at radius 1 is 1.12 bits per heavy atom. The number of rotatable bonds is 5. The van der Waals surface area contributed by atoms with E-state index in [1.165, 1.54) is 0 Å². The lowest BCUT2D eigenvalue weighted by Gasteiger charge is -2.25. The summed E-state index contributed by atoms with van der Waals surface area (Å²) in [5.74, 6) is -0.0905. The number of aliphatic hydroxyl groups excluding tert-OH is 1. The third kappa shape index (κ3) is 3.69. The monoisotopic (exact) mass is 334 g/mol. The number of hydrogen-bond acceptors (Lipinski definition) is 3. The first-order valence-electron chi connectivity index (χ1n) is 8.47. The molecule has 2 aromatic carbocycles. The van der Waals surface area contributed by atoms with Gasteiger partial charge in [0.2, 0.25) is 0 Å². The van der Waals surface area contributed by atoms with Gasteiger partial charge in [0.15, 0.2) is 0 Å². The molecule has 1 atom stereocenters. The van der Waals surface area contributed by atoms with Crippen molar-refractivity contribution >= 4 is 16.8 Å². The van der Waals surface area contributed by atoms with Crippen LogP contribution in [0.1, 0.15) is 34.5 Å². The Labute approximate surface area is 147 Å². The molecule has 1 aromatic heterocycles. The maximum Gasteiger partial charge on any atom is 0.254 e. The van der Waals surface area contributed by atoms with Crippen molar-refractivity contribution in [2.24, 2.45) is 0 Å². The normalized spacial score (nSPS) is 12.1. The fraction of sp³-hybridized carbons (Fsp3) is 0.238. The molecule has 0 fully saturated rings. The standard InChI is InChI=1S/C21H22N2O2/c1-3-23(14-20(24)16-11-9-15(2)10-12-16)21(25)18-6-4-8-19-17(18)7-5-13-22-19/h4-13,20,24H,3,14H2,1-2H3. The van der Waals surface area contributed by atoms with Gasteiger partial charge in [0, 0.05) is 23.7 Å². The Morgan fingerprint density at radius 3 is 2.60 bits per heavy atom. The predicted octanol–water partition coefficient (Wildman–Crippen LogP) is 3.74. The maximum atomic E-state index is 13.0. The number of aryl methyl sites for hydroxylation is 1. The summed E-state index contributed by atoms with van der Waals surface area (Å²) in [7, 11) is 0. The number of nitrogens with zero attached hydrogens (tertiary/aromatic N) is 2. The van der Waals surface area contributed by atoms with E-state index < -0.39 is 6.10 Å². The van der Waals surface area contributed by atoms with Crippen molar-refractivity contribution in [3.05, 3.63) is 77.5 Å². The molecule has 1 amide bonds. The number of carbonyl (C=O) groups excluding carboxylic acids is 1. The molecule has 0 aliphatic heterocycles. The second kappa shape index (κ2) is 7.45. The minimum Gasteiger partial charge on any atom is -0.387 e. The SMILES string of the molecule is CCN(CC(O)c1ccc(C)cc1)C(=O)c1cccc2ncccc12. The van der Waals surface area contributed by atoms with Crippen LogP contribution < -0.4 is 0 Å². The van der Waals surface area contributed by atoms with Crippen LogP contribution in [0.15, 0.2) is 60.8 Å². The van der Waals surface area contributed by atoms with E-state index in [1.54, 1.807) is 11.1 Å². The Balaban J connectivity index is 1.84. The van der Waals surface area contributed by atoms with Gasteiger partial charge in [0.05, 0.1) is 18.2 Å². The number of fused-ring (bicyclic) bond motifs is 1. The average molecular weight is 334 g/mol. The molecule has 1 heterocycles. The highest BCUT2D eigenvalue weighted by Gasteiger charge is 2.20. The number of hydrogen-bond donors (Lipinski definition) is 1. The van der Waals surface area contributed by atoms with Crippen LogP contribution in [-0.2, 0) is 0 Å². The van der Waals surface area contributed by atoms with Crippen molar-refractivity contribution in [2.75, 3.05) is 13.1 Å². The topological polar surface area (TPSA) is 53.4 Å². The summed E-state index contributed by atoms with van der Waals surface area (Å²) >= 11 is 0. The van der Waals surface area contributed by atoms with Crippen LogP contribution in [0, 0.1) is 6.92 Å². The van der Waals surface area contributed by atoms with Crippen LogP contribution in [0.5, 0.6) is 0 Å². The third-order valence-electron chi connectivity index (χ3n) is 4.40. The summed E-state index contributed by atoms with van der Waals surface area (Å²) in [5, 5.41) is 11.3. The van der Waals surface area contributed by atoms with Gasteiger partial charge in [-0.2, -0.15) is 0 Å².